The van der Waals surface area contributed by atoms with Crippen molar-refractivity contribution in [1.29, 1.82) is 0 Å². The molecule has 1 atom stereocenters. The molecule has 0 aromatic heterocycles. The summed E-state index contributed by atoms with van der Waals surface area (Å²) in [6.07, 6.45) is 3.92. The Labute approximate surface area is 123 Å². The van der Waals surface area contributed by atoms with Crippen molar-refractivity contribution < 1.29 is 4.79 Å². The second-order valence-corrected chi connectivity index (χ2v) is 7.03. The van der Waals surface area contributed by atoms with Crippen molar-refractivity contribution in [1.82, 2.24) is 4.90 Å². The van der Waals surface area contributed by atoms with Crippen molar-refractivity contribution in [3.8, 4) is 0 Å². The smallest absolute Gasteiger partial charge is 0.137 e. The van der Waals surface area contributed by atoms with Gasteiger partial charge in [-0.1, -0.05) is 44.2 Å². The second kappa shape index (κ2) is 6.53. The second-order valence-electron chi connectivity index (χ2n) is 7.03. The van der Waals surface area contributed by atoms with Crippen LogP contribution in [0.1, 0.15) is 38.7 Å². The van der Waals surface area contributed by atoms with Crippen LogP contribution >= 0.6 is 0 Å². The molecular formula is C18H27NO. The third-order valence-corrected chi connectivity index (χ3v) is 4.46. The summed E-state index contributed by atoms with van der Waals surface area (Å²) in [4.78, 5) is 14.4. The minimum Gasteiger partial charge on any atom is -0.305 e. The molecule has 1 fully saturated rings. The molecule has 20 heavy (non-hydrogen) atoms. The van der Waals surface area contributed by atoms with Crippen LogP contribution in [-0.4, -0.2) is 30.8 Å². The van der Waals surface area contributed by atoms with E-state index in [4.69, 9.17) is 0 Å². The topological polar surface area (TPSA) is 20.3 Å². The van der Waals surface area contributed by atoms with Crippen molar-refractivity contribution in [3.63, 3.8) is 0 Å². The molecule has 1 aliphatic rings. The van der Waals surface area contributed by atoms with Gasteiger partial charge >= 0.3 is 0 Å². The summed E-state index contributed by atoms with van der Waals surface area (Å²) in [6.45, 7) is 6.51. The normalized spacial score (nSPS) is 22.2. The molecule has 1 aliphatic carbocycles. The fourth-order valence-electron chi connectivity index (χ4n) is 3.15. The van der Waals surface area contributed by atoms with Crippen LogP contribution in [-0.2, 0) is 11.2 Å². The molecule has 0 N–H and O–H groups in total. The van der Waals surface area contributed by atoms with E-state index in [0.717, 1.165) is 38.8 Å². The molecule has 1 unspecified atom stereocenters. The lowest BCUT2D eigenvalue weighted by Gasteiger charge is -2.36. The highest BCUT2D eigenvalue weighted by molar-refractivity contribution is 5.82. The molecule has 0 radical (unpaired) electrons. The predicted octanol–water partition coefficient (Wildman–Crippen LogP) is 3.56. The Morgan fingerprint density at radius 3 is 2.65 bits per heavy atom. The molecule has 2 nitrogen and oxygen atoms in total. The van der Waals surface area contributed by atoms with E-state index >= 15 is 0 Å². The van der Waals surface area contributed by atoms with Crippen molar-refractivity contribution in [2.24, 2.45) is 11.3 Å². The standard InChI is InChI=1S/C18H27NO/c1-18(2)11-9-17(20)16(13-18)14-19(3)12-10-15-7-5-4-6-8-15/h4-8,16H,9-14H2,1-3H3. The molecule has 0 aliphatic heterocycles. The molecule has 0 saturated heterocycles. The molecule has 110 valence electrons. The van der Waals surface area contributed by atoms with E-state index in [-0.39, 0.29) is 5.92 Å². The Hall–Kier alpha value is -1.15. The molecule has 1 saturated carbocycles. The number of nitrogens with zero attached hydrogens (tertiary/aromatic N) is 1. The number of benzene rings is 1. The number of carbonyl (C=O) groups is 1. The Bertz CT molecular complexity index is 438. The molecule has 2 heteroatoms. The van der Waals surface area contributed by atoms with Gasteiger partial charge in [0.2, 0.25) is 0 Å². The monoisotopic (exact) mass is 273 g/mol. The Kier molecular flexibility index (Phi) is 4.98. The maximum atomic E-state index is 12.1. The number of Topliss-reactive ketones (excluding diaryl/α,β-unsaturated/α-hetero) is 1. The van der Waals surface area contributed by atoms with Crippen LogP contribution in [0, 0.1) is 11.3 Å². The SMILES string of the molecule is CN(CCc1ccccc1)CC1CC(C)(C)CCC1=O. The van der Waals surface area contributed by atoms with E-state index in [2.05, 4.69) is 56.1 Å². The lowest BCUT2D eigenvalue weighted by Crippen LogP contribution is -2.38. The van der Waals surface area contributed by atoms with Crippen LogP contribution in [0.3, 0.4) is 0 Å². The van der Waals surface area contributed by atoms with Crippen molar-refractivity contribution >= 4 is 5.78 Å². The van der Waals surface area contributed by atoms with E-state index in [1.807, 2.05) is 0 Å². The highest BCUT2D eigenvalue weighted by Crippen LogP contribution is 2.36. The van der Waals surface area contributed by atoms with Crippen LogP contribution in [0.15, 0.2) is 30.3 Å². The molecule has 0 bridgehead atoms. The zero-order valence-electron chi connectivity index (χ0n) is 13.1. The van der Waals surface area contributed by atoms with E-state index in [9.17, 15) is 4.79 Å². The molecular weight excluding hydrogens is 246 g/mol. The van der Waals surface area contributed by atoms with Gasteiger partial charge in [0.25, 0.3) is 0 Å². The van der Waals surface area contributed by atoms with Gasteiger partial charge in [-0.25, -0.2) is 0 Å². The van der Waals surface area contributed by atoms with Gasteiger partial charge in [-0.05, 0) is 37.3 Å². The van der Waals surface area contributed by atoms with Gasteiger partial charge in [-0.3, -0.25) is 4.79 Å². The fraction of sp³-hybridized carbons (Fsp3) is 0.611. The van der Waals surface area contributed by atoms with Gasteiger partial charge in [0, 0.05) is 25.4 Å². The summed E-state index contributed by atoms with van der Waals surface area (Å²) in [5, 5.41) is 0. The van der Waals surface area contributed by atoms with E-state index in [0.29, 0.717) is 11.2 Å². The lowest BCUT2D eigenvalue weighted by molar-refractivity contribution is -0.127. The van der Waals surface area contributed by atoms with Gasteiger partial charge in [0.15, 0.2) is 0 Å². The summed E-state index contributed by atoms with van der Waals surface area (Å²) in [5.74, 6) is 0.704. The number of hydrogen-bond donors (Lipinski definition) is 0. The van der Waals surface area contributed by atoms with Crippen LogP contribution < -0.4 is 0 Å². The third-order valence-electron chi connectivity index (χ3n) is 4.46. The first-order valence-electron chi connectivity index (χ1n) is 7.71. The van der Waals surface area contributed by atoms with Gasteiger partial charge in [-0.2, -0.15) is 0 Å². The Morgan fingerprint density at radius 2 is 1.95 bits per heavy atom. The first-order valence-corrected chi connectivity index (χ1v) is 7.71. The molecule has 0 amide bonds. The van der Waals surface area contributed by atoms with Crippen LogP contribution in [0.25, 0.3) is 0 Å². The maximum absolute atomic E-state index is 12.1. The molecule has 1 aromatic carbocycles. The quantitative estimate of drug-likeness (QED) is 0.817. The molecule has 2 rings (SSSR count). The van der Waals surface area contributed by atoms with Crippen LogP contribution in [0.2, 0.25) is 0 Å². The van der Waals surface area contributed by atoms with Gasteiger partial charge in [0.05, 0.1) is 0 Å². The molecule has 1 aromatic rings. The molecule has 0 heterocycles. The van der Waals surface area contributed by atoms with E-state index < -0.39 is 0 Å². The van der Waals surface area contributed by atoms with Crippen LogP contribution in [0.4, 0.5) is 0 Å². The van der Waals surface area contributed by atoms with Gasteiger partial charge < -0.3 is 4.90 Å². The van der Waals surface area contributed by atoms with Crippen LogP contribution in [0.5, 0.6) is 0 Å². The van der Waals surface area contributed by atoms with E-state index in [1.54, 1.807) is 0 Å². The summed E-state index contributed by atoms with van der Waals surface area (Å²) >= 11 is 0. The number of likely N-dealkylation sites (N-methyl/N-ethyl adjacent to an activating group) is 1. The third kappa shape index (κ3) is 4.45. The summed E-state index contributed by atoms with van der Waals surface area (Å²) in [7, 11) is 2.14. The van der Waals surface area contributed by atoms with Crippen molar-refractivity contribution in [2.45, 2.75) is 39.5 Å². The Balaban J connectivity index is 1.81. The minimum atomic E-state index is 0.236. The maximum Gasteiger partial charge on any atom is 0.137 e. The largest absolute Gasteiger partial charge is 0.305 e. The summed E-state index contributed by atoms with van der Waals surface area (Å²) in [6, 6.07) is 10.6. The lowest BCUT2D eigenvalue weighted by atomic mass is 9.71. The Morgan fingerprint density at radius 1 is 1.25 bits per heavy atom. The minimum absolute atomic E-state index is 0.236. The predicted molar refractivity (Wildman–Crippen MR) is 83.8 cm³/mol. The van der Waals surface area contributed by atoms with Gasteiger partial charge in [-0.15, -0.1) is 0 Å². The van der Waals surface area contributed by atoms with Crippen molar-refractivity contribution in [3.05, 3.63) is 35.9 Å². The number of rotatable bonds is 5. The zero-order valence-corrected chi connectivity index (χ0v) is 13.1. The highest BCUT2D eigenvalue weighted by atomic mass is 16.1. The van der Waals surface area contributed by atoms with Gasteiger partial charge in [0.1, 0.15) is 5.78 Å². The first-order chi connectivity index (χ1) is 9.46. The highest BCUT2D eigenvalue weighted by Gasteiger charge is 2.33. The molecule has 0 spiro atoms. The fourth-order valence-corrected chi connectivity index (χ4v) is 3.15. The number of hydrogen-bond acceptors (Lipinski definition) is 2. The summed E-state index contributed by atoms with van der Waals surface area (Å²) in [5.41, 5.74) is 1.70. The number of carbonyl (C=O) groups excluding carboxylic acids is 1. The number of ketones is 1. The van der Waals surface area contributed by atoms with Crippen molar-refractivity contribution in [2.75, 3.05) is 20.1 Å². The van der Waals surface area contributed by atoms with E-state index in [1.165, 1.54) is 5.56 Å². The average Bonchev–Trinajstić information content (AvgIpc) is 2.42. The first kappa shape index (κ1) is 15.2. The zero-order chi connectivity index (χ0) is 14.6. The summed E-state index contributed by atoms with van der Waals surface area (Å²) < 4.78 is 0. The average molecular weight is 273 g/mol.